The first kappa shape index (κ1) is 31.2. The standard InChI is InChI=1S/C32H43FN4O3/c1-4-11-24(14-9-18-33)25-16-20-37(21-17-25)32(40)23(3)22-28-27(5-2)35-30(26-12-7-6-8-13-26)31(36-28)34-19-10-15-29(38)39/h5-9,11-14,22-23,25,29,38-39H,4,10,15-21H2,1-3H3,(H,34,36)/b14-9-,24-11+,27-5+,28-22+. The van der Waals surface area contributed by atoms with Gasteiger partial charge in [-0.05, 0) is 56.6 Å². The Morgan fingerprint density at radius 2 is 1.90 bits per heavy atom. The second kappa shape index (κ2) is 16.0. The molecule has 1 atom stereocenters. The fourth-order valence-electron chi connectivity index (χ4n) is 5.02. The monoisotopic (exact) mass is 550 g/mol. The van der Waals surface area contributed by atoms with Gasteiger partial charge in [0.25, 0.3) is 0 Å². The molecule has 3 rings (SSSR count). The highest BCUT2D eigenvalue weighted by atomic mass is 19.1. The summed E-state index contributed by atoms with van der Waals surface area (Å²) in [6, 6.07) is 9.78. The van der Waals surface area contributed by atoms with Gasteiger partial charge in [0.1, 0.15) is 12.4 Å². The van der Waals surface area contributed by atoms with Crippen LogP contribution in [0, 0.1) is 11.8 Å². The maximum atomic E-state index is 13.4. The molecule has 2 heterocycles. The van der Waals surface area contributed by atoms with Crippen LogP contribution in [0.2, 0.25) is 0 Å². The molecule has 0 radical (unpaired) electrons. The number of carbonyl (C=O) groups is 1. The third-order valence-electron chi connectivity index (χ3n) is 7.12. The highest BCUT2D eigenvalue weighted by Crippen LogP contribution is 2.27. The topological polar surface area (TPSA) is 98.6 Å². The van der Waals surface area contributed by atoms with Gasteiger partial charge in [-0.2, -0.15) is 0 Å². The largest absolute Gasteiger partial charge is 0.368 e. The molecular weight excluding hydrogens is 507 g/mol. The number of allylic oxidation sites excluding steroid dienone is 4. The lowest BCUT2D eigenvalue weighted by Gasteiger charge is -2.34. The Morgan fingerprint density at radius 1 is 1.18 bits per heavy atom. The first-order valence-corrected chi connectivity index (χ1v) is 14.3. The van der Waals surface area contributed by atoms with E-state index < -0.39 is 13.0 Å². The molecule has 1 aromatic carbocycles. The average molecular weight is 551 g/mol. The highest BCUT2D eigenvalue weighted by molar-refractivity contribution is 5.84. The van der Waals surface area contributed by atoms with E-state index in [2.05, 4.69) is 18.3 Å². The SMILES string of the molecule is C/C=c1/nc(-c2ccccc2)c(NCCCC(O)O)n/c1=C/C(C)C(=O)N1CCC(C(/C=C\CF)=C/CC)CC1. The minimum absolute atomic E-state index is 0.0567. The zero-order chi connectivity index (χ0) is 28.9. The number of hydrogen-bond acceptors (Lipinski definition) is 6. The normalized spacial score (nSPS) is 16.8. The van der Waals surface area contributed by atoms with Gasteiger partial charge in [0, 0.05) is 25.2 Å². The van der Waals surface area contributed by atoms with Crippen LogP contribution in [0.5, 0.6) is 0 Å². The van der Waals surface area contributed by atoms with Crippen LogP contribution < -0.4 is 16.0 Å². The summed E-state index contributed by atoms with van der Waals surface area (Å²) >= 11 is 0. The third-order valence-corrected chi connectivity index (χ3v) is 7.12. The quantitative estimate of drug-likeness (QED) is 0.210. The number of aliphatic hydroxyl groups is 2. The van der Waals surface area contributed by atoms with Crippen molar-refractivity contribution in [3.63, 3.8) is 0 Å². The van der Waals surface area contributed by atoms with Crippen molar-refractivity contribution >= 4 is 23.9 Å². The van der Waals surface area contributed by atoms with Gasteiger partial charge < -0.3 is 20.4 Å². The molecule has 1 aliphatic rings. The van der Waals surface area contributed by atoms with Crippen LogP contribution in [0.1, 0.15) is 52.9 Å². The van der Waals surface area contributed by atoms with Gasteiger partial charge in [0.05, 0.1) is 16.6 Å². The Bertz CT molecular complexity index is 1270. The summed E-state index contributed by atoms with van der Waals surface area (Å²) < 4.78 is 12.7. The predicted molar refractivity (Wildman–Crippen MR) is 159 cm³/mol. The Balaban J connectivity index is 1.82. The molecule has 7 nitrogen and oxygen atoms in total. The fraction of sp³-hybridized carbons (Fsp3) is 0.469. The van der Waals surface area contributed by atoms with E-state index in [1.54, 1.807) is 6.08 Å². The highest BCUT2D eigenvalue weighted by Gasteiger charge is 2.26. The van der Waals surface area contributed by atoms with E-state index in [1.165, 1.54) is 0 Å². The number of halogens is 1. The Labute approximate surface area is 236 Å². The zero-order valence-electron chi connectivity index (χ0n) is 23.9. The number of benzene rings is 1. The molecule has 3 N–H and O–H groups in total. The van der Waals surface area contributed by atoms with Crippen LogP contribution in [0.3, 0.4) is 0 Å². The van der Waals surface area contributed by atoms with Gasteiger partial charge in [-0.15, -0.1) is 0 Å². The predicted octanol–water partition coefficient (Wildman–Crippen LogP) is 3.96. The van der Waals surface area contributed by atoms with E-state index in [-0.39, 0.29) is 18.2 Å². The summed E-state index contributed by atoms with van der Waals surface area (Å²) in [6.45, 7) is 7.24. The summed E-state index contributed by atoms with van der Waals surface area (Å²) in [5.74, 6) is 0.597. The van der Waals surface area contributed by atoms with Crippen molar-refractivity contribution in [1.82, 2.24) is 14.9 Å². The summed E-state index contributed by atoms with van der Waals surface area (Å²) in [7, 11) is 0. The molecule has 0 saturated carbocycles. The number of anilines is 1. The molecule has 0 bridgehead atoms. The van der Waals surface area contributed by atoms with E-state index in [0.717, 1.165) is 30.4 Å². The minimum atomic E-state index is -1.35. The Kier molecular flexibility index (Phi) is 12.5. The summed E-state index contributed by atoms with van der Waals surface area (Å²) in [5.41, 5.74) is 2.78. The third kappa shape index (κ3) is 8.83. The molecular formula is C32H43FN4O3. The molecule has 40 heavy (non-hydrogen) atoms. The molecule has 1 amide bonds. The maximum absolute atomic E-state index is 13.4. The average Bonchev–Trinajstić information content (AvgIpc) is 2.97. The summed E-state index contributed by atoms with van der Waals surface area (Å²) in [5, 5.41) is 23.0. The maximum Gasteiger partial charge on any atom is 0.229 e. The van der Waals surface area contributed by atoms with Crippen molar-refractivity contribution < 1.29 is 19.4 Å². The van der Waals surface area contributed by atoms with Gasteiger partial charge in [0.2, 0.25) is 5.91 Å². The van der Waals surface area contributed by atoms with Crippen LogP contribution in [0.25, 0.3) is 23.4 Å². The van der Waals surface area contributed by atoms with Crippen LogP contribution in [-0.4, -0.2) is 63.6 Å². The van der Waals surface area contributed by atoms with Gasteiger partial charge in [-0.3, -0.25) is 4.79 Å². The van der Waals surface area contributed by atoms with E-state index in [1.807, 2.05) is 67.3 Å². The lowest BCUT2D eigenvalue weighted by Crippen LogP contribution is -2.42. The molecule has 1 aromatic heterocycles. The number of alkyl halides is 1. The number of likely N-dealkylation sites (tertiary alicyclic amines) is 1. The van der Waals surface area contributed by atoms with Crippen molar-refractivity contribution in [2.24, 2.45) is 11.8 Å². The first-order chi connectivity index (χ1) is 19.4. The van der Waals surface area contributed by atoms with Crippen LogP contribution in [-0.2, 0) is 4.79 Å². The number of carbonyl (C=O) groups excluding carboxylic acids is 1. The molecule has 216 valence electrons. The molecule has 8 heteroatoms. The molecule has 1 aliphatic heterocycles. The smallest absolute Gasteiger partial charge is 0.229 e. The fourth-order valence-corrected chi connectivity index (χ4v) is 5.02. The van der Waals surface area contributed by atoms with Gasteiger partial charge in [-0.25, -0.2) is 14.4 Å². The summed E-state index contributed by atoms with van der Waals surface area (Å²) in [4.78, 5) is 25.1. The molecule has 0 spiro atoms. The number of rotatable bonds is 12. The van der Waals surface area contributed by atoms with E-state index >= 15 is 0 Å². The molecule has 1 saturated heterocycles. The van der Waals surface area contributed by atoms with E-state index in [9.17, 15) is 19.4 Å². The number of amides is 1. The zero-order valence-corrected chi connectivity index (χ0v) is 23.9. The van der Waals surface area contributed by atoms with Crippen molar-refractivity contribution in [1.29, 1.82) is 0 Å². The summed E-state index contributed by atoms with van der Waals surface area (Å²) in [6.07, 6.45) is 11.5. The van der Waals surface area contributed by atoms with Crippen molar-refractivity contribution in [3.05, 3.63) is 64.8 Å². The van der Waals surface area contributed by atoms with Crippen LogP contribution in [0.4, 0.5) is 10.2 Å². The lowest BCUT2D eigenvalue weighted by atomic mass is 9.87. The first-order valence-electron chi connectivity index (χ1n) is 14.3. The van der Waals surface area contributed by atoms with Crippen molar-refractivity contribution in [2.75, 3.05) is 31.6 Å². The van der Waals surface area contributed by atoms with Gasteiger partial charge >= 0.3 is 0 Å². The molecule has 2 aromatic rings. The number of nitrogens with one attached hydrogen (secondary N) is 1. The van der Waals surface area contributed by atoms with Crippen molar-refractivity contribution in [2.45, 2.75) is 59.2 Å². The van der Waals surface area contributed by atoms with Crippen LogP contribution in [0.15, 0.2) is 54.1 Å². The number of hydrogen-bond donors (Lipinski definition) is 3. The second-order valence-corrected chi connectivity index (χ2v) is 10.1. The number of aromatic nitrogens is 2. The second-order valence-electron chi connectivity index (χ2n) is 10.1. The Hall–Kier alpha value is -3.36. The lowest BCUT2D eigenvalue weighted by molar-refractivity contribution is -0.134. The van der Waals surface area contributed by atoms with Crippen LogP contribution >= 0.6 is 0 Å². The minimum Gasteiger partial charge on any atom is -0.368 e. The molecule has 0 aliphatic carbocycles. The number of aliphatic hydroxyl groups excluding tert-OH is 1. The van der Waals surface area contributed by atoms with Gasteiger partial charge in [-0.1, -0.05) is 68.5 Å². The van der Waals surface area contributed by atoms with E-state index in [0.29, 0.717) is 54.2 Å². The van der Waals surface area contributed by atoms with Gasteiger partial charge in [0.15, 0.2) is 12.1 Å². The van der Waals surface area contributed by atoms with Crippen molar-refractivity contribution in [3.8, 4) is 11.3 Å². The van der Waals surface area contributed by atoms with E-state index in [4.69, 9.17) is 9.97 Å². The molecule has 1 unspecified atom stereocenters. The number of piperidine rings is 1. The Morgan fingerprint density at radius 3 is 2.52 bits per heavy atom. The molecule has 1 fully saturated rings. The number of nitrogens with zero attached hydrogens (tertiary/aromatic N) is 3.